The Morgan fingerprint density at radius 3 is 2.44 bits per heavy atom. The van der Waals surface area contributed by atoms with E-state index >= 15 is 0 Å². The molecule has 5 aliphatic rings. The quantitative estimate of drug-likeness (QED) is 0.384. The van der Waals surface area contributed by atoms with Gasteiger partial charge >= 0.3 is 11.9 Å². The molecule has 4 unspecified atom stereocenters. The van der Waals surface area contributed by atoms with E-state index in [1.165, 1.54) is 45.4 Å². The van der Waals surface area contributed by atoms with Gasteiger partial charge in [-0.1, -0.05) is 27.7 Å². The highest BCUT2D eigenvalue weighted by atomic mass is 16.5. The van der Waals surface area contributed by atoms with E-state index in [0.717, 1.165) is 43.4 Å². The maximum atomic E-state index is 11.6. The van der Waals surface area contributed by atoms with Crippen LogP contribution in [0, 0.1) is 52.3 Å². The predicted molar refractivity (Wildman–Crippen MR) is 139 cm³/mol. The number of fused-ring (bicyclic) bond motifs is 7. The Hall–Kier alpha value is -1.10. The van der Waals surface area contributed by atoms with Crippen LogP contribution in [0.4, 0.5) is 0 Å². The van der Waals surface area contributed by atoms with Crippen LogP contribution in [0.15, 0.2) is 0 Å². The van der Waals surface area contributed by atoms with Gasteiger partial charge in [-0.3, -0.25) is 9.59 Å². The summed E-state index contributed by atoms with van der Waals surface area (Å²) < 4.78 is 17.7. The van der Waals surface area contributed by atoms with Crippen molar-refractivity contribution in [2.75, 3.05) is 6.61 Å². The van der Waals surface area contributed by atoms with Crippen LogP contribution in [0.2, 0.25) is 0 Å². The van der Waals surface area contributed by atoms with Gasteiger partial charge in [0.2, 0.25) is 0 Å². The SMILES string of the molecule is CC(=O)OCC(C)CCC1O[C@H]2C[C@H]3[C@@H]4CCC5CC(OC(C)=O)CC[C@]5(C)[C@H]4CC[C@]3(C)[C@H]2[C@@H]1C. The third-order valence-electron chi connectivity index (χ3n) is 12.1. The van der Waals surface area contributed by atoms with E-state index in [4.69, 9.17) is 14.2 Å². The number of esters is 2. The van der Waals surface area contributed by atoms with Crippen molar-refractivity contribution in [2.45, 2.75) is 124 Å². The standard InChI is InChI=1S/C31H50O5/c1-18(17-34-20(3)32)7-10-27-19(2)29-28(36-27)16-26-24-9-8-22-15-23(35-21(4)33)11-13-30(22,5)25(24)12-14-31(26,29)6/h18-19,22-29H,7-17H2,1-6H3/t18?,19-,22?,23?,24-,25+,26+,27?,28+,29+,30+,31+/m1/s1. The summed E-state index contributed by atoms with van der Waals surface area (Å²) in [6.07, 6.45) is 13.0. The first-order valence-corrected chi connectivity index (χ1v) is 15.0. The second-order valence-electron chi connectivity index (χ2n) is 14.0. The molecule has 36 heavy (non-hydrogen) atoms. The largest absolute Gasteiger partial charge is 0.466 e. The molecule has 0 aromatic rings. The Morgan fingerprint density at radius 1 is 0.972 bits per heavy atom. The molecule has 1 aliphatic heterocycles. The predicted octanol–water partition coefficient (Wildman–Crippen LogP) is 6.57. The molecule has 0 aromatic carbocycles. The van der Waals surface area contributed by atoms with E-state index in [9.17, 15) is 9.59 Å². The van der Waals surface area contributed by atoms with Gasteiger partial charge in [0.25, 0.3) is 0 Å². The van der Waals surface area contributed by atoms with Gasteiger partial charge in [0.15, 0.2) is 0 Å². The minimum absolute atomic E-state index is 0.116. The molecule has 0 aromatic heterocycles. The molecule has 1 heterocycles. The molecule has 0 radical (unpaired) electrons. The van der Waals surface area contributed by atoms with Gasteiger partial charge in [0.05, 0.1) is 18.8 Å². The van der Waals surface area contributed by atoms with Crippen LogP contribution < -0.4 is 0 Å². The molecule has 5 heteroatoms. The zero-order chi connectivity index (χ0) is 25.8. The van der Waals surface area contributed by atoms with Crippen molar-refractivity contribution in [2.24, 2.45) is 52.3 Å². The van der Waals surface area contributed by atoms with E-state index in [1.54, 1.807) is 6.92 Å². The summed E-state index contributed by atoms with van der Waals surface area (Å²) in [5.74, 6) is 4.52. The monoisotopic (exact) mass is 502 g/mol. The van der Waals surface area contributed by atoms with Gasteiger partial charge in [-0.25, -0.2) is 0 Å². The van der Waals surface area contributed by atoms with E-state index in [2.05, 4.69) is 27.7 Å². The molecule has 0 N–H and O–H groups in total. The molecule has 12 atom stereocenters. The first kappa shape index (κ1) is 26.5. The summed E-state index contributed by atoms with van der Waals surface area (Å²) in [5, 5.41) is 0. The van der Waals surface area contributed by atoms with Crippen molar-refractivity contribution in [3.05, 3.63) is 0 Å². The molecule has 5 rings (SSSR count). The number of hydrogen-bond donors (Lipinski definition) is 0. The second-order valence-corrected chi connectivity index (χ2v) is 14.0. The summed E-state index contributed by atoms with van der Waals surface area (Å²) in [4.78, 5) is 22.7. The van der Waals surface area contributed by atoms with Gasteiger partial charge in [-0.05, 0) is 116 Å². The summed E-state index contributed by atoms with van der Waals surface area (Å²) in [7, 11) is 0. The zero-order valence-corrected chi connectivity index (χ0v) is 23.6. The molecule has 0 bridgehead atoms. The van der Waals surface area contributed by atoms with Crippen LogP contribution in [0.1, 0.15) is 106 Å². The number of carbonyl (C=O) groups is 2. The topological polar surface area (TPSA) is 61.8 Å². The molecule has 5 nitrogen and oxygen atoms in total. The van der Waals surface area contributed by atoms with Crippen molar-refractivity contribution in [1.82, 2.24) is 0 Å². The Balaban J connectivity index is 1.23. The second kappa shape index (κ2) is 9.89. The van der Waals surface area contributed by atoms with Crippen LogP contribution in [-0.2, 0) is 23.8 Å². The Morgan fingerprint density at radius 2 is 1.72 bits per heavy atom. The fourth-order valence-electron chi connectivity index (χ4n) is 10.4. The number of rotatable bonds is 6. The molecule has 4 saturated carbocycles. The Labute approximate surface area is 218 Å². The molecule has 0 amide bonds. The highest BCUT2D eigenvalue weighted by Crippen LogP contribution is 2.70. The molecule has 0 spiro atoms. The fourth-order valence-corrected chi connectivity index (χ4v) is 10.4. The number of ether oxygens (including phenoxy) is 3. The van der Waals surface area contributed by atoms with E-state index in [1.807, 2.05) is 0 Å². The lowest BCUT2D eigenvalue weighted by Crippen LogP contribution is -2.54. The third-order valence-corrected chi connectivity index (χ3v) is 12.1. The van der Waals surface area contributed by atoms with Crippen molar-refractivity contribution >= 4 is 11.9 Å². The first-order valence-electron chi connectivity index (χ1n) is 15.0. The molecule has 5 fully saturated rings. The van der Waals surface area contributed by atoms with Crippen molar-refractivity contribution in [3.63, 3.8) is 0 Å². The van der Waals surface area contributed by atoms with Gasteiger partial charge in [-0.2, -0.15) is 0 Å². The average molecular weight is 503 g/mol. The average Bonchev–Trinajstić information content (AvgIpc) is 3.29. The molecule has 1 saturated heterocycles. The summed E-state index contributed by atoms with van der Waals surface area (Å²) >= 11 is 0. The van der Waals surface area contributed by atoms with Crippen LogP contribution in [0.3, 0.4) is 0 Å². The van der Waals surface area contributed by atoms with E-state index in [0.29, 0.717) is 53.3 Å². The van der Waals surface area contributed by atoms with E-state index < -0.39 is 0 Å². The van der Waals surface area contributed by atoms with Crippen LogP contribution >= 0.6 is 0 Å². The number of carbonyl (C=O) groups excluding carboxylic acids is 2. The summed E-state index contributed by atoms with van der Waals surface area (Å²) in [6.45, 7) is 13.4. The maximum Gasteiger partial charge on any atom is 0.302 e. The van der Waals surface area contributed by atoms with Crippen LogP contribution in [-0.4, -0.2) is 36.9 Å². The van der Waals surface area contributed by atoms with Crippen molar-refractivity contribution in [1.29, 1.82) is 0 Å². The lowest BCUT2D eigenvalue weighted by Gasteiger charge is -2.61. The Bertz CT molecular complexity index is 841. The lowest BCUT2D eigenvalue weighted by atomic mass is 9.44. The minimum atomic E-state index is -0.184. The van der Waals surface area contributed by atoms with Gasteiger partial charge in [-0.15, -0.1) is 0 Å². The molecule has 4 aliphatic carbocycles. The van der Waals surface area contributed by atoms with Gasteiger partial charge in [0, 0.05) is 13.8 Å². The van der Waals surface area contributed by atoms with Crippen LogP contribution in [0.25, 0.3) is 0 Å². The minimum Gasteiger partial charge on any atom is -0.466 e. The highest BCUT2D eigenvalue weighted by molar-refractivity contribution is 5.66. The summed E-state index contributed by atoms with van der Waals surface area (Å²) in [5.41, 5.74) is 0.813. The zero-order valence-electron chi connectivity index (χ0n) is 23.6. The fraction of sp³-hybridized carbons (Fsp3) is 0.935. The molecule has 204 valence electrons. The van der Waals surface area contributed by atoms with Crippen LogP contribution in [0.5, 0.6) is 0 Å². The van der Waals surface area contributed by atoms with Crippen molar-refractivity contribution < 1.29 is 23.8 Å². The molecular formula is C31H50O5. The van der Waals surface area contributed by atoms with E-state index in [-0.39, 0.29) is 18.0 Å². The Kier molecular flexibility index (Phi) is 7.28. The smallest absolute Gasteiger partial charge is 0.302 e. The van der Waals surface area contributed by atoms with Gasteiger partial charge < -0.3 is 14.2 Å². The highest BCUT2D eigenvalue weighted by Gasteiger charge is 2.65. The molecular weight excluding hydrogens is 452 g/mol. The third kappa shape index (κ3) is 4.54. The lowest BCUT2D eigenvalue weighted by molar-refractivity contribution is -0.160. The number of hydrogen-bond acceptors (Lipinski definition) is 5. The first-order chi connectivity index (χ1) is 17.0. The maximum absolute atomic E-state index is 11.6. The van der Waals surface area contributed by atoms with Gasteiger partial charge in [0.1, 0.15) is 6.10 Å². The van der Waals surface area contributed by atoms with Crippen molar-refractivity contribution in [3.8, 4) is 0 Å². The normalized spacial score (nSPS) is 48.2. The summed E-state index contributed by atoms with van der Waals surface area (Å²) in [6, 6.07) is 0.